The van der Waals surface area contributed by atoms with E-state index < -0.39 is 0 Å². The maximum atomic E-state index is 11.0. The van der Waals surface area contributed by atoms with Gasteiger partial charge in [0.15, 0.2) is 0 Å². The Morgan fingerprint density at radius 1 is 1.67 bits per heavy atom. The summed E-state index contributed by atoms with van der Waals surface area (Å²) in [5.74, 6) is -0.349. The molecule has 0 saturated carbocycles. The van der Waals surface area contributed by atoms with E-state index in [2.05, 4.69) is 0 Å². The van der Waals surface area contributed by atoms with Crippen LogP contribution in [0, 0.1) is 0 Å². The van der Waals surface area contributed by atoms with Crippen LogP contribution in [0.2, 0.25) is 0 Å². The molecule has 0 aromatic rings. The Bertz CT molecular complexity index is 198. The number of hydrogen-bond acceptors (Lipinski definition) is 3. The number of esters is 1. The molecule has 0 aliphatic heterocycles. The highest BCUT2D eigenvalue weighted by Gasteiger charge is 2.13. The predicted molar refractivity (Wildman–Crippen MR) is 47.9 cm³/mol. The highest BCUT2D eigenvalue weighted by molar-refractivity contribution is 7.66. The monoisotopic (exact) mass is 189 g/mol. The second kappa shape index (κ2) is 5.83. The summed E-state index contributed by atoms with van der Waals surface area (Å²) >= 11 is 0.454. The molecule has 0 aromatic heterocycles. The molecule has 0 fully saturated rings. The van der Waals surface area contributed by atoms with Gasteiger partial charge in [0.2, 0.25) is 0 Å². The van der Waals surface area contributed by atoms with Crippen LogP contribution in [0.15, 0.2) is 11.6 Å². The van der Waals surface area contributed by atoms with Crippen molar-refractivity contribution in [2.45, 2.75) is 26.0 Å². The molecular formula is C8H13O3S+. The van der Waals surface area contributed by atoms with E-state index in [0.29, 0.717) is 23.8 Å². The van der Waals surface area contributed by atoms with E-state index in [1.54, 1.807) is 26.8 Å². The number of ether oxygens (including phenoxy) is 1. The lowest BCUT2D eigenvalue weighted by atomic mass is 10.2. The fourth-order valence-corrected chi connectivity index (χ4v) is 0.952. The van der Waals surface area contributed by atoms with E-state index in [0.717, 1.165) is 0 Å². The molecule has 1 atom stereocenters. The average molecular weight is 189 g/mol. The van der Waals surface area contributed by atoms with E-state index in [1.807, 2.05) is 0 Å². The minimum atomic E-state index is -0.349. The van der Waals surface area contributed by atoms with Crippen molar-refractivity contribution in [3.63, 3.8) is 0 Å². The van der Waals surface area contributed by atoms with Crippen molar-refractivity contribution >= 4 is 17.6 Å². The predicted octanol–water partition coefficient (Wildman–Crippen LogP) is 1.31. The highest BCUT2D eigenvalue weighted by Crippen LogP contribution is 2.00. The first-order valence-electron chi connectivity index (χ1n) is 3.76. The number of hydrogen-bond donors (Lipinski definition) is 0. The molecule has 0 saturated heterocycles. The van der Waals surface area contributed by atoms with Gasteiger partial charge in [0.05, 0.1) is 6.61 Å². The van der Waals surface area contributed by atoms with Crippen LogP contribution in [0.5, 0.6) is 0 Å². The van der Waals surface area contributed by atoms with Crippen molar-refractivity contribution in [1.82, 2.24) is 0 Å². The van der Waals surface area contributed by atoms with Crippen LogP contribution in [0.25, 0.3) is 0 Å². The van der Waals surface area contributed by atoms with Gasteiger partial charge in [0, 0.05) is 16.7 Å². The van der Waals surface area contributed by atoms with Gasteiger partial charge in [0.25, 0.3) is 5.25 Å². The lowest BCUT2D eigenvalue weighted by Gasteiger charge is -1.99. The summed E-state index contributed by atoms with van der Waals surface area (Å²) in [4.78, 5) is 11.0. The third kappa shape index (κ3) is 4.18. The minimum Gasteiger partial charge on any atom is -0.463 e. The number of rotatable bonds is 4. The van der Waals surface area contributed by atoms with Crippen molar-refractivity contribution < 1.29 is 13.7 Å². The average Bonchev–Trinajstić information content (AvgIpc) is 2.04. The zero-order valence-corrected chi connectivity index (χ0v) is 8.31. The Morgan fingerprint density at radius 3 is 2.67 bits per heavy atom. The molecule has 3 nitrogen and oxygen atoms in total. The molecule has 0 N–H and O–H groups in total. The van der Waals surface area contributed by atoms with Crippen LogP contribution in [-0.4, -0.2) is 17.8 Å². The Hall–Kier alpha value is -0.770. The molecule has 0 rings (SSSR count). The van der Waals surface area contributed by atoms with Crippen molar-refractivity contribution in [3.8, 4) is 0 Å². The number of carbonyl (C=O) groups excluding carboxylic acids is 1. The van der Waals surface area contributed by atoms with E-state index in [9.17, 15) is 9.00 Å². The third-order valence-electron chi connectivity index (χ3n) is 1.23. The fourth-order valence-electron chi connectivity index (χ4n) is 0.693. The Morgan fingerprint density at radius 2 is 2.25 bits per heavy atom. The van der Waals surface area contributed by atoms with Gasteiger partial charge in [-0.25, -0.2) is 4.79 Å². The summed E-state index contributed by atoms with van der Waals surface area (Å²) in [5.41, 5.74) is 0.493. The van der Waals surface area contributed by atoms with Gasteiger partial charge in [0.1, 0.15) is 0 Å². The quantitative estimate of drug-likeness (QED) is 0.380. The van der Waals surface area contributed by atoms with Crippen LogP contribution in [0.1, 0.15) is 20.8 Å². The van der Waals surface area contributed by atoms with Crippen molar-refractivity contribution in [1.29, 1.82) is 0 Å². The molecule has 0 heterocycles. The first-order valence-corrected chi connectivity index (χ1v) is 4.56. The van der Waals surface area contributed by atoms with Gasteiger partial charge in [-0.2, -0.15) is 0 Å². The SMILES string of the molecule is CCOC(=O)C(C)=CC(C)[S+]=O. The molecule has 0 aliphatic carbocycles. The lowest BCUT2D eigenvalue weighted by Crippen LogP contribution is -2.07. The second-order valence-corrected chi connectivity index (χ2v) is 3.31. The summed E-state index contributed by atoms with van der Waals surface area (Å²) in [6.07, 6.45) is 1.61. The van der Waals surface area contributed by atoms with Crippen molar-refractivity contribution in [2.75, 3.05) is 6.61 Å². The van der Waals surface area contributed by atoms with Gasteiger partial charge < -0.3 is 4.74 Å². The molecule has 0 aliphatic rings. The zero-order chi connectivity index (χ0) is 9.56. The molecule has 4 heteroatoms. The molecule has 0 bridgehead atoms. The van der Waals surface area contributed by atoms with Crippen molar-refractivity contribution in [3.05, 3.63) is 11.6 Å². The number of carbonyl (C=O) groups is 1. The molecular weight excluding hydrogens is 176 g/mol. The highest BCUT2D eigenvalue weighted by atomic mass is 32.1. The van der Waals surface area contributed by atoms with E-state index >= 15 is 0 Å². The summed E-state index contributed by atoms with van der Waals surface area (Å²) in [6, 6.07) is 0. The van der Waals surface area contributed by atoms with Crippen LogP contribution in [0.3, 0.4) is 0 Å². The summed E-state index contributed by atoms with van der Waals surface area (Å²) < 4.78 is 15.0. The van der Waals surface area contributed by atoms with E-state index in [1.165, 1.54) is 0 Å². The standard InChI is InChI=1S/C8H13O3S/c1-4-11-8(9)6(2)5-7(3)12-10/h5,7H,4H2,1-3H3/q+1. The second-order valence-electron chi connectivity index (χ2n) is 2.37. The van der Waals surface area contributed by atoms with Gasteiger partial charge in [-0.15, -0.1) is 0 Å². The van der Waals surface area contributed by atoms with Crippen LogP contribution in [0.4, 0.5) is 0 Å². The van der Waals surface area contributed by atoms with Gasteiger partial charge in [-0.1, -0.05) is 0 Å². The minimum absolute atomic E-state index is 0.186. The smallest absolute Gasteiger partial charge is 0.463 e. The largest absolute Gasteiger partial charge is 0.466 e. The third-order valence-corrected chi connectivity index (χ3v) is 1.67. The Kier molecular flexibility index (Phi) is 5.45. The maximum absolute atomic E-state index is 11.0. The normalized spacial score (nSPS) is 13.8. The molecule has 1 unspecified atom stereocenters. The topological polar surface area (TPSA) is 43.4 Å². The fraction of sp³-hybridized carbons (Fsp3) is 0.625. The zero-order valence-electron chi connectivity index (χ0n) is 7.49. The van der Waals surface area contributed by atoms with Gasteiger partial charge in [-0.3, -0.25) is 0 Å². The van der Waals surface area contributed by atoms with Crippen molar-refractivity contribution in [2.24, 2.45) is 0 Å². The first kappa shape index (κ1) is 11.2. The first-order chi connectivity index (χ1) is 5.61. The van der Waals surface area contributed by atoms with Crippen LogP contribution in [-0.2, 0) is 25.4 Å². The Balaban J connectivity index is 4.16. The van der Waals surface area contributed by atoms with E-state index in [4.69, 9.17) is 4.74 Å². The maximum Gasteiger partial charge on any atom is 0.466 e. The lowest BCUT2D eigenvalue weighted by molar-refractivity contribution is -0.138. The Labute approximate surface area is 76.3 Å². The van der Waals surface area contributed by atoms with Gasteiger partial charge >= 0.3 is 17.6 Å². The molecule has 68 valence electrons. The van der Waals surface area contributed by atoms with E-state index in [-0.39, 0.29) is 11.2 Å². The molecule has 12 heavy (non-hydrogen) atoms. The van der Waals surface area contributed by atoms with Crippen LogP contribution < -0.4 is 0 Å². The summed E-state index contributed by atoms with van der Waals surface area (Å²) in [5, 5.41) is -0.186. The molecule has 0 aromatic carbocycles. The van der Waals surface area contributed by atoms with Crippen LogP contribution >= 0.6 is 0 Å². The van der Waals surface area contributed by atoms with Gasteiger partial charge in [-0.05, 0) is 19.9 Å². The molecule has 0 amide bonds. The summed E-state index contributed by atoms with van der Waals surface area (Å²) in [6.45, 7) is 5.49. The molecule has 0 radical (unpaired) electrons. The molecule has 0 spiro atoms. The summed E-state index contributed by atoms with van der Waals surface area (Å²) in [7, 11) is 0.